The van der Waals surface area contributed by atoms with Crippen molar-refractivity contribution in [2.75, 3.05) is 13.2 Å². The summed E-state index contributed by atoms with van der Waals surface area (Å²) in [5.74, 6) is -2.86. The van der Waals surface area contributed by atoms with Gasteiger partial charge in [-0.25, -0.2) is 14.2 Å². The summed E-state index contributed by atoms with van der Waals surface area (Å²) in [5.41, 5.74) is 0. The van der Waals surface area contributed by atoms with E-state index in [-0.39, 0.29) is 31.9 Å². The van der Waals surface area contributed by atoms with E-state index < -0.39 is 60.6 Å². The van der Waals surface area contributed by atoms with E-state index in [9.17, 15) is 24.3 Å². The van der Waals surface area contributed by atoms with Crippen molar-refractivity contribution < 1.29 is 47.6 Å². The van der Waals surface area contributed by atoms with Crippen LogP contribution in [-0.2, 0) is 33.3 Å². The van der Waals surface area contributed by atoms with Crippen LogP contribution in [0, 0.1) is 0 Å². The molecule has 1 saturated heterocycles. The molecule has 0 aromatic heterocycles. The molecule has 0 radical (unpaired) electrons. The van der Waals surface area contributed by atoms with Crippen LogP contribution in [0.15, 0.2) is 17.0 Å². The Morgan fingerprint density at radius 3 is 1.82 bits per heavy atom. The molecule has 3 N–H and O–H groups in total. The second-order valence-corrected chi connectivity index (χ2v) is 15.1. The maximum absolute atomic E-state index is 15.3. The molecule has 56 heavy (non-hydrogen) atoms. The molecule has 322 valence electrons. The van der Waals surface area contributed by atoms with Gasteiger partial charge in [-0.1, -0.05) is 136 Å². The predicted octanol–water partition coefficient (Wildman–Crippen LogP) is 8.62. The van der Waals surface area contributed by atoms with Crippen molar-refractivity contribution in [3.63, 3.8) is 0 Å². The third-order valence-corrected chi connectivity index (χ3v) is 10.1. The van der Waals surface area contributed by atoms with E-state index in [1.54, 1.807) is 6.92 Å². The van der Waals surface area contributed by atoms with Crippen molar-refractivity contribution >= 4 is 29.8 Å². The molecule has 0 aromatic rings. The Labute approximate surface area is 335 Å². The Kier molecular flexibility index (Phi) is 26.1. The highest BCUT2D eigenvalue weighted by molar-refractivity contribution is 6.05. The summed E-state index contributed by atoms with van der Waals surface area (Å²) in [4.78, 5) is 55.7. The first-order chi connectivity index (χ1) is 27.1. The lowest BCUT2D eigenvalue weighted by atomic mass is 10.1. The second kappa shape index (κ2) is 29.9. The van der Waals surface area contributed by atoms with Crippen LogP contribution in [0.3, 0.4) is 0 Å². The minimum absolute atomic E-state index is 0.0423. The van der Waals surface area contributed by atoms with Gasteiger partial charge in [-0.05, 0) is 26.2 Å². The summed E-state index contributed by atoms with van der Waals surface area (Å²) in [6.45, 7) is 8.23. The summed E-state index contributed by atoms with van der Waals surface area (Å²) < 4.78 is 38.0. The summed E-state index contributed by atoms with van der Waals surface area (Å²) in [6.07, 6.45) is 16.7. The predicted molar refractivity (Wildman–Crippen MR) is 214 cm³/mol. The number of halogens is 1. The van der Waals surface area contributed by atoms with Gasteiger partial charge in [0.1, 0.15) is 0 Å². The Hall–Kier alpha value is -3.26. The number of ether oxygens (including phenoxy) is 4. The Balaban J connectivity index is 1.97. The molecule has 0 aliphatic carbocycles. The number of nitrogens with zero attached hydrogens (tertiary/aromatic N) is 2. The molecule has 5 atom stereocenters. The SMILES string of the molecule is CCCCCCCCCCCC(=O)NCCC(=O)O[C@@H]1[C@H](OC(=O)CCCCCCCCCCC)[C@@H](C)O[C@H]1N1C=C(F)C(NC(=O)OCCCCC)=NC1O. The highest BCUT2D eigenvalue weighted by Gasteiger charge is 2.51. The van der Waals surface area contributed by atoms with Crippen LogP contribution in [0.4, 0.5) is 9.18 Å². The van der Waals surface area contributed by atoms with Gasteiger partial charge in [0.2, 0.25) is 12.3 Å². The van der Waals surface area contributed by atoms with Crippen molar-refractivity contribution in [1.82, 2.24) is 15.5 Å². The van der Waals surface area contributed by atoms with Gasteiger partial charge in [0.05, 0.1) is 19.1 Å². The lowest BCUT2D eigenvalue weighted by molar-refractivity contribution is -0.174. The fourth-order valence-corrected chi connectivity index (χ4v) is 6.77. The summed E-state index contributed by atoms with van der Waals surface area (Å²) in [7, 11) is 0. The Bertz CT molecular complexity index is 1200. The standard InChI is InChI=1S/C42H73FN4O9/c1-5-8-11-13-15-17-19-21-23-26-34(48)44-29-28-36(50)56-38-37(55-35(49)27-24-22-20-18-16-14-12-9-6-2)32(4)54-40(38)47-31-33(43)39(45-41(47)51)46-42(52)53-30-25-10-7-3/h31-32,37-38,40-41,51H,5-30H2,1-4H3,(H,44,48)(H,45,46,52)/t32-,37-,38-,40-,41?/m1/s1. The Morgan fingerprint density at radius 1 is 0.732 bits per heavy atom. The van der Waals surface area contributed by atoms with Gasteiger partial charge in [-0.15, -0.1) is 0 Å². The number of nitrogens with one attached hydrogen (secondary N) is 2. The fraction of sp³-hybridized carbons (Fsp3) is 0.833. The number of aliphatic hydroxyl groups excluding tert-OH is 1. The zero-order valence-corrected chi connectivity index (χ0v) is 34.8. The molecule has 2 rings (SSSR count). The number of unbranched alkanes of at least 4 members (excludes halogenated alkanes) is 18. The highest BCUT2D eigenvalue weighted by atomic mass is 19.1. The van der Waals surface area contributed by atoms with Crippen LogP contribution >= 0.6 is 0 Å². The maximum atomic E-state index is 15.3. The van der Waals surface area contributed by atoms with Crippen LogP contribution < -0.4 is 10.6 Å². The normalized spacial score (nSPS) is 20.6. The summed E-state index contributed by atoms with van der Waals surface area (Å²) in [6, 6.07) is 0. The van der Waals surface area contributed by atoms with Gasteiger partial charge in [-0.3, -0.25) is 19.7 Å². The highest BCUT2D eigenvalue weighted by Crippen LogP contribution is 2.32. The summed E-state index contributed by atoms with van der Waals surface area (Å²) in [5, 5.41) is 15.9. The first-order valence-corrected chi connectivity index (χ1v) is 21.8. The van der Waals surface area contributed by atoms with Crippen LogP contribution in [0.1, 0.15) is 182 Å². The molecule has 1 fully saturated rings. The molecule has 0 bridgehead atoms. The number of amidine groups is 1. The number of carbonyl (C=O) groups is 4. The monoisotopic (exact) mass is 797 g/mol. The second-order valence-electron chi connectivity index (χ2n) is 15.1. The van der Waals surface area contributed by atoms with Gasteiger partial charge >= 0.3 is 18.0 Å². The van der Waals surface area contributed by atoms with Gasteiger partial charge < -0.3 is 34.3 Å². The van der Waals surface area contributed by atoms with E-state index in [0.717, 1.165) is 62.5 Å². The molecule has 1 unspecified atom stereocenters. The molecule has 2 heterocycles. The van der Waals surface area contributed by atoms with Crippen molar-refractivity contribution in [2.24, 2.45) is 4.99 Å². The van der Waals surface area contributed by atoms with Crippen molar-refractivity contribution in [3.8, 4) is 0 Å². The number of rotatable bonds is 30. The average Bonchev–Trinajstić information content (AvgIpc) is 3.46. The van der Waals surface area contributed by atoms with Gasteiger partial charge in [0.25, 0.3) is 0 Å². The number of amides is 2. The van der Waals surface area contributed by atoms with E-state index in [2.05, 4.69) is 29.5 Å². The quantitative estimate of drug-likeness (QED) is 0.0364. The molecule has 13 nitrogen and oxygen atoms in total. The van der Waals surface area contributed by atoms with Crippen molar-refractivity contribution in [3.05, 3.63) is 12.0 Å². The molecule has 0 aromatic carbocycles. The fourth-order valence-electron chi connectivity index (χ4n) is 6.77. The van der Waals surface area contributed by atoms with E-state index in [4.69, 9.17) is 18.9 Å². The average molecular weight is 797 g/mol. The maximum Gasteiger partial charge on any atom is 0.412 e. The first kappa shape index (κ1) is 48.9. The first-order valence-electron chi connectivity index (χ1n) is 21.8. The van der Waals surface area contributed by atoms with Crippen molar-refractivity contribution in [2.45, 2.75) is 213 Å². The lowest BCUT2D eigenvalue weighted by Gasteiger charge is -2.35. The van der Waals surface area contributed by atoms with Crippen LogP contribution in [0.25, 0.3) is 0 Å². The van der Waals surface area contributed by atoms with E-state index >= 15 is 4.39 Å². The molecular weight excluding hydrogens is 723 g/mol. The van der Waals surface area contributed by atoms with Crippen molar-refractivity contribution in [1.29, 1.82) is 0 Å². The minimum Gasteiger partial charge on any atom is -0.455 e. The topological polar surface area (TPSA) is 165 Å². The number of aliphatic hydroxyl groups is 1. The van der Waals surface area contributed by atoms with Gasteiger partial charge in [-0.2, -0.15) is 0 Å². The Morgan fingerprint density at radius 2 is 1.23 bits per heavy atom. The van der Waals surface area contributed by atoms with E-state index in [1.165, 1.54) is 70.6 Å². The largest absolute Gasteiger partial charge is 0.455 e. The van der Waals surface area contributed by atoms with Crippen LogP contribution in [0.5, 0.6) is 0 Å². The number of hydrogen-bond acceptors (Lipinski definition) is 11. The molecular formula is C42H73FN4O9. The molecule has 0 spiro atoms. The lowest BCUT2D eigenvalue weighted by Crippen LogP contribution is -2.51. The molecule has 0 saturated carbocycles. The van der Waals surface area contributed by atoms with E-state index in [0.29, 0.717) is 19.3 Å². The zero-order valence-electron chi connectivity index (χ0n) is 34.8. The molecule has 2 amide bonds. The molecule has 14 heteroatoms. The van der Waals surface area contributed by atoms with Gasteiger partial charge in [0, 0.05) is 25.6 Å². The van der Waals surface area contributed by atoms with Gasteiger partial charge in [0.15, 0.2) is 30.1 Å². The molecule has 2 aliphatic heterocycles. The third-order valence-electron chi connectivity index (χ3n) is 10.1. The smallest absolute Gasteiger partial charge is 0.412 e. The number of alkyl carbamates (subject to hydrolysis) is 1. The zero-order chi connectivity index (χ0) is 41.0. The number of aliphatic imine (C=N–C) groups is 1. The number of hydrogen-bond donors (Lipinski definition) is 3. The number of carbonyl (C=O) groups excluding carboxylic acids is 4. The van der Waals surface area contributed by atoms with E-state index in [1.807, 2.05) is 6.92 Å². The summed E-state index contributed by atoms with van der Waals surface area (Å²) >= 11 is 0. The number of esters is 2. The van der Waals surface area contributed by atoms with Crippen LogP contribution in [0.2, 0.25) is 0 Å². The van der Waals surface area contributed by atoms with Crippen LogP contribution in [-0.4, -0.2) is 83.8 Å². The minimum atomic E-state index is -1.75. The third kappa shape index (κ3) is 20.2. The molecule has 2 aliphatic rings.